The van der Waals surface area contributed by atoms with Crippen molar-refractivity contribution in [2.45, 2.75) is 17.8 Å². The van der Waals surface area contributed by atoms with Gasteiger partial charge in [-0.1, -0.05) is 48.5 Å². The van der Waals surface area contributed by atoms with Crippen molar-refractivity contribution in [3.8, 4) is 0 Å². The van der Waals surface area contributed by atoms with E-state index in [-0.39, 0.29) is 11.9 Å². The van der Waals surface area contributed by atoms with Crippen LogP contribution < -0.4 is 10.3 Å². The number of nitrogens with zero attached hydrogens (tertiary/aromatic N) is 2. The second-order valence-electron chi connectivity index (χ2n) is 5.37. The standard InChI is InChI=1S/C18H18ClN3O/c19-17-16(20-12-11-14-7-3-1-4-8-14)13-21-22(18(17)23)15-9-5-2-6-10-15/h1-10,13,16-17,20H,11-12H2. The topological polar surface area (TPSA) is 44.7 Å². The molecule has 0 saturated carbocycles. The van der Waals surface area contributed by atoms with Crippen molar-refractivity contribution < 1.29 is 4.79 Å². The Balaban J connectivity index is 1.61. The van der Waals surface area contributed by atoms with E-state index < -0.39 is 5.38 Å². The molecule has 3 rings (SSSR count). The van der Waals surface area contributed by atoms with Gasteiger partial charge in [-0.25, -0.2) is 0 Å². The molecule has 4 nitrogen and oxygen atoms in total. The van der Waals surface area contributed by atoms with Crippen LogP contribution in [0, 0.1) is 0 Å². The summed E-state index contributed by atoms with van der Waals surface area (Å²) >= 11 is 6.31. The molecule has 118 valence electrons. The molecule has 2 aromatic carbocycles. The molecule has 0 aliphatic carbocycles. The predicted octanol–water partition coefficient (Wildman–Crippen LogP) is 2.83. The molecule has 0 spiro atoms. The third-order valence-electron chi connectivity index (χ3n) is 3.74. The maximum atomic E-state index is 12.4. The summed E-state index contributed by atoms with van der Waals surface area (Å²) in [6.45, 7) is 0.739. The minimum atomic E-state index is -0.663. The Labute approximate surface area is 140 Å². The van der Waals surface area contributed by atoms with Gasteiger partial charge in [-0.2, -0.15) is 10.1 Å². The van der Waals surface area contributed by atoms with Gasteiger partial charge in [0, 0.05) is 6.21 Å². The number of para-hydroxylation sites is 1. The lowest BCUT2D eigenvalue weighted by Crippen LogP contribution is -2.51. The summed E-state index contributed by atoms with van der Waals surface area (Å²) < 4.78 is 0. The first-order chi connectivity index (χ1) is 11.3. The zero-order chi connectivity index (χ0) is 16.1. The molecule has 0 bridgehead atoms. The maximum absolute atomic E-state index is 12.4. The Morgan fingerprint density at radius 1 is 1.04 bits per heavy atom. The molecular weight excluding hydrogens is 310 g/mol. The van der Waals surface area contributed by atoms with E-state index in [2.05, 4.69) is 22.6 Å². The van der Waals surface area contributed by atoms with Crippen LogP contribution in [0.2, 0.25) is 0 Å². The fourth-order valence-corrected chi connectivity index (χ4v) is 2.74. The summed E-state index contributed by atoms with van der Waals surface area (Å²) in [6, 6.07) is 19.2. The first kappa shape index (κ1) is 15.7. The molecule has 0 fully saturated rings. The van der Waals surface area contributed by atoms with Gasteiger partial charge < -0.3 is 5.32 Å². The van der Waals surface area contributed by atoms with E-state index in [4.69, 9.17) is 11.6 Å². The molecule has 1 aliphatic rings. The summed E-state index contributed by atoms with van der Waals surface area (Å²) in [5, 5.41) is 8.23. The average Bonchev–Trinajstić information content (AvgIpc) is 2.60. The number of nitrogens with one attached hydrogen (secondary N) is 1. The zero-order valence-corrected chi connectivity index (χ0v) is 13.4. The van der Waals surface area contributed by atoms with Crippen LogP contribution in [0.25, 0.3) is 0 Å². The van der Waals surface area contributed by atoms with Crippen LogP contribution in [-0.4, -0.2) is 30.1 Å². The van der Waals surface area contributed by atoms with Crippen LogP contribution in [0.15, 0.2) is 65.8 Å². The second-order valence-corrected chi connectivity index (χ2v) is 5.84. The SMILES string of the molecule is O=C1C(Cl)C(NCCc2ccccc2)C=NN1c1ccccc1. The summed E-state index contributed by atoms with van der Waals surface area (Å²) in [5.41, 5.74) is 1.97. The molecule has 2 unspecified atom stereocenters. The molecule has 1 amide bonds. The van der Waals surface area contributed by atoms with Gasteiger partial charge >= 0.3 is 0 Å². The lowest BCUT2D eigenvalue weighted by molar-refractivity contribution is -0.118. The summed E-state index contributed by atoms with van der Waals surface area (Å²) in [6.07, 6.45) is 2.59. The van der Waals surface area contributed by atoms with Crippen LogP contribution in [0.1, 0.15) is 5.56 Å². The van der Waals surface area contributed by atoms with Crippen LogP contribution >= 0.6 is 11.6 Å². The van der Waals surface area contributed by atoms with Crippen molar-refractivity contribution in [1.29, 1.82) is 0 Å². The molecule has 2 atom stereocenters. The molecule has 0 aromatic heterocycles. The Hall–Kier alpha value is -2.17. The van der Waals surface area contributed by atoms with Gasteiger partial charge in [0.1, 0.15) is 5.38 Å². The second kappa shape index (κ2) is 7.40. The maximum Gasteiger partial charge on any atom is 0.267 e. The van der Waals surface area contributed by atoms with Gasteiger partial charge in [0.2, 0.25) is 0 Å². The number of hydrogen-bond acceptors (Lipinski definition) is 3. The number of anilines is 1. The third-order valence-corrected chi connectivity index (χ3v) is 4.20. The van der Waals surface area contributed by atoms with Crippen molar-refractivity contribution in [3.63, 3.8) is 0 Å². The van der Waals surface area contributed by atoms with Gasteiger partial charge in [-0.15, -0.1) is 11.6 Å². The minimum Gasteiger partial charge on any atom is -0.307 e. The fourth-order valence-electron chi connectivity index (χ4n) is 2.49. The first-order valence-corrected chi connectivity index (χ1v) is 8.04. The van der Waals surface area contributed by atoms with Crippen LogP contribution in [0.5, 0.6) is 0 Å². The zero-order valence-electron chi connectivity index (χ0n) is 12.6. The molecule has 0 saturated heterocycles. The van der Waals surface area contributed by atoms with Gasteiger partial charge in [-0.05, 0) is 30.7 Å². The Morgan fingerprint density at radius 3 is 2.39 bits per heavy atom. The molecule has 1 heterocycles. The van der Waals surface area contributed by atoms with Crippen molar-refractivity contribution in [3.05, 3.63) is 66.2 Å². The van der Waals surface area contributed by atoms with Gasteiger partial charge in [0.25, 0.3) is 5.91 Å². The molecule has 0 radical (unpaired) electrons. The van der Waals surface area contributed by atoms with E-state index in [1.165, 1.54) is 10.6 Å². The first-order valence-electron chi connectivity index (χ1n) is 7.60. The van der Waals surface area contributed by atoms with Crippen LogP contribution in [0.4, 0.5) is 5.69 Å². The lowest BCUT2D eigenvalue weighted by Gasteiger charge is -2.29. The smallest absolute Gasteiger partial charge is 0.267 e. The third kappa shape index (κ3) is 3.78. The molecule has 2 aromatic rings. The lowest BCUT2D eigenvalue weighted by atomic mass is 10.1. The number of carbonyl (C=O) groups is 1. The Morgan fingerprint density at radius 2 is 1.70 bits per heavy atom. The highest BCUT2D eigenvalue weighted by atomic mass is 35.5. The summed E-state index contributed by atoms with van der Waals surface area (Å²) in [5.74, 6) is -0.211. The molecule has 1 aliphatic heterocycles. The largest absolute Gasteiger partial charge is 0.307 e. The van der Waals surface area contributed by atoms with E-state index in [9.17, 15) is 4.79 Å². The van der Waals surface area contributed by atoms with Crippen molar-refractivity contribution in [1.82, 2.24) is 5.32 Å². The Bertz CT molecular complexity index is 675. The highest BCUT2D eigenvalue weighted by molar-refractivity contribution is 6.35. The summed E-state index contributed by atoms with van der Waals surface area (Å²) in [4.78, 5) is 12.4. The number of halogens is 1. The minimum absolute atomic E-state index is 0.211. The monoisotopic (exact) mass is 327 g/mol. The number of carbonyl (C=O) groups excluding carboxylic acids is 1. The summed E-state index contributed by atoms with van der Waals surface area (Å²) in [7, 11) is 0. The number of benzene rings is 2. The molecule has 1 N–H and O–H groups in total. The average molecular weight is 328 g/mol. The normalized spacial score (nSPS) is 20.7. The predicted molar refractivity (Wildman–Crippen MR) is 94.0 cm³/mol. The molecular formula is C18H18ClN3O. The highest BCUT2D eigenvalue weighted by Crippen LogP contribution is 2.20. The van der Waals surface area contributed by atoms with Crippen molar-refractivity contribution in [2.75, 3.05) is 11.6 Å². The Kier molecular flexibility index (Phi) is 5.05. The number of amides is 1. The number of rotatable bonds is 5. The van der Waals surface area contributed by atoms with E-state index >= 15 is 0 Å². The molecule has 23 heavy (non-hydrogen) atoms. The van der Waals surface area contributed by atoms with Gasteiger partial charge in [0.15, 0.2) is 0 Å². The van der Waals surface area contributed by atoms with Crippen molar-refractivity contribution in [2.24, 2.45) is 5.10 Å². The quantitative estimate of drug-likeness (QED) is 0.858. The number of alkyl halides is 1. The van der Waals surface area contributed by atoms with Crippen LogP contribution in [0.3, 0.4) is 0 Å². The number of hydrogen-bond donors (Lipinski definition) is 1. The fraction of sp³-hybridized carbons (Fsp3) is 0.222. The van der Waals surface area contributed by atoms with Crippen molar-refractivity contribution >= 4 is 29.4 Å². The van der Waals surface area contributed by atoms with E-state index in [0.717, 1.165) is 18.7 Å². The van der Waals surface area contributed by atoms with Gasteiger partial charge in [0.05, 0.1) is 11.7 Å². The van der Waals surface area contributed by atoms with Gasteiger partial charge in [-0.3, -0.25) is 4.79 Å². The van der Waals surface area contributed by atoms with E-state index in [1.807, 2.05) is 48.5 Å². The van der Waals surface area contributed by atoms with E-state index in [0.29, 0.717) is 0 Å². The number of hydrazone groups is 1. The molecule has 5 heteroatoms. The van der Waals surface area contributed by atoms with Crippen LogP contribution in [-0.2, 0) is 11.2 Å². The highest BCUT2D eigenvalue weighted by Gasteiger charge is 2.33. The van der Waals surface area contributed by atoms with E-state index in [1.54, 1.807) is 6.21 Å².